The van der Waals surface area contributed by atoms with Gasteiger partial charge in [0.05, 0.1) is 5.69 Å². The van der Waals surface area contributed by atoms with Gasteiger partial charge in [0.25, 0.3) is 5.91 Å². The Bertz CT molecular complexity index is 534. The summed E-state index contributed by atoms with van der Waals surface area (Å²) in [5, 5.41) is 2.93. The van der Waals surface area contributed by atoms with E-state index in [1.54, 1.807) is 6.07 Å². The molecule has 2 fully saturated rings. The number of carbonyl (C=O) groups excluding carboxylic acids is 1. The fourth-order valence-electron chi connectivity index (χ4n) is 3.70. The third-order valence-electron chi connectivity index (χ3n) is 5.01. The lowest BCUT2D eigenvalue weighted by atomic mass is 9.91. The maximum absolute atomic E-state index is 13.4. The standard InChI is InChI=1S/C16H22FN3O/c1-20-12-3-4-13(20)7-10(6-12)9-19-16(21)11-2-5-15(18)14(17)8-11/h2,5,8,10,12-13H,3-4,6-7,9,18H2,1H3,(H,19,21). The van der Waals surface area contributed by atoms with Gasteiger partial charge in [-0.15, -0.1) is 0 Å². The van der Waals surface area contributed by atoms with Crippen LogP contribution in [0.25, 0.3) is 0 Å². The SMILES string of the molecule is CN1C2CCC1CC(CNC(=O)c1ccc(N)c(F)c1)C2. The molecule has 2 aliphatic rings. The van der Waals surface area contributed by atoms with Gasteiger partial charge in [0, 0.05) is 24.2 Å². The number of amides is 1. The molecule has 3 rings (SSSR count). The predicted molar refractivity (Wildman–Crippen MR) is 80.4 cm³/mol. The van der Waals surface area contributed by atoms with Gasteiger partial charge in [-0.2, -0.15) is 0 Å². The summed E-state index contributed by atoms with van der Waals surface area (Å²) >= 11 is 0. The third kappa shape index (κ3) is 2.88. The van der Waals surface area contributed by atoms with Crippen LogP contribution in [0.5, 0.6) is 0 Å². The van der Waals surface area contributed by atoms with Gasteiger partial charge in [-0.1, -0.05) is 0 Å². The number of benzene rings is 1. The lowest BCUT2D eigenvalue weighted by Crippen LogP contribution is -2.43. The van der Waals surface area contributed by atoms with E-state index in [-0.39, 0.29) is 11.6 Å². The van der Waals surface area contributed by atoms with Gasteiger partial charge < -0.3 is 16.0 Å². The number of hydrogen-bond donors (Lipinski definition) is 2. The van der Waals surface area contributed by atoms with Crippen molar-refractivity contribution in [2.75, 3.05) is 19.3 Å². The Hall–Kier alpha value is -1.62. The Morgan fingerprint density at radius 2 is 2.05 bits per heavy atom. The van der Waals surface area contributed by atoms with Crippen LogP contribution >= 0.6 is 0 Å². The third-order valence-corrected chi connectivity index (χ3v) is 5.01. The van der Waals surface area contributed by atoms with Gasteiger partial charge in [-0.05, 0) is 56.8 Å². The number of piperidine rings is 1. The summed E-state index contributed by atoms with van der Waals surface area (Å²) in [6.07, 6.45) is 4.83. The topological polar surface area (TPSA) is 58.4 Å². The summed E-state index contributed by atoms with van der Waals surface area (Å²) in [6.45, 7) is 0.672. The maximum Gasteiger partial charge on any atom is 0.251 e. The van der Waals surface area contributed by atoms with Crippen molar-refractivity contribution in [2.45, 2.75) is 37.8 Å². The van der Waals surface area contributed by atoms with Crippen molar-refractivity contribution in [1.29, 1.82) is 0 Å². The minimum Gasteiger partial charge on any atom is -0.396 e. The number of anilines is 1. The molecule has 0 aromatic heterocycles. The molecule has 2 atom stereocenters. The van der Waals surface area contributed by atoms with E-state index in [9.17, 15) is 9.18 Å². The van der Waals surface area contributed by atoms with Crippen LogP contribution in [0.4, 0.5) is 10.1 Å². The molecule has 2 saturated heterocycles. The summed E-state index contributed by atoms with van der Waals surface area (Å²) in [4.78, 5) is 14.5. The first-order chi connectivity index (χ1) is 10.0. The van der Waals surface area contributed by atoms with Crippen LogP contribution in [0.3, 0.4) is 0 Å². The first kappa shape index (κ1) is 14.3. The molecule has 0 aliphatic carbocycles. The van der Waals surface area contributed by atoms with Crippen molar-refractivity contribution in [3.8, 4) is 0 Å². The molecule has 3 N–H and O–H groups in total. The minimum atomic E-state index is -0.542. The largest absolute Gasteiger partial charge is 0.396 e. The molecule has 1 amide bonds. The van der Waals surface area contributed by atoms with Gasteiger partial charge in [0.1, 0.15) is 5.82 Å². The number of nitrogens with zero attached hydrogens (tertiary/aromatic N) is 1. The van der Waals surface area contributed by atoms with Crippen molar-refractivity contribution in [1.82, 2.24) is 10.2 Å². The Morgan fingerprint density at radius 1 is 1.38 bits per heavy atom. The Balaban J connectivity index is 1.55. The fraction of sp³-hybridized carbons (Fsp3) is 0.562. The Labute approximate surface area is 124 Å². The summed E-state index contributed by atoms with van der Waals surface area (Å²) in [5.74, 6) is -0.235. The second-order valence-corrected chi connectivity index (χ2v) is 6.33. The van der Waals surface area contributed by atoms with E-state index >= 15 is 0 Å². The van der Waals surface area contributed by atoms with E-state index in [4.69, 9.17) is 5.73 Å². The molecule has 1 aromatic carbocycles. The number of nitrogens with one attached hydrogen (secondary N) is 1. The first-order valence-corrected chi connectivity index (χ1v) is 7.59. The molecule has 2 heterocycles. The zero-order valence-corrected chi connectivity index (χ0v) is 12.3. The highest BCUT2D eigenvalue weighted by molar-refractivity contribution is 5.94. The number of fused-ring (bicyclic) bond motifs is 2. The van der Waals surface area contributed by atoms with Crippen LogP contribution in [0.15, 0.2) is 18.2 Å². The Morgan fingerprint density at radius 3 is 2.67 bits per heavy atom. The molecule has 114 valence electrons. The average molecular weight is 291 g/mol. The van der Waals surface area contributed by atoms with Gasteiger partial charge in [-0.3, -0.25) is 4.79 Å². The second kappa shape index (κ2) is 5.64. The van der Waals surface area contributed by atoms with E-state index < -0.39 is 5.82 Å². The maximum atomic E-state index is 13.4. The van der Waals surface area contributed by atoms with Crippen LogP contribution in [-0.2, 0) is 0 Å². The summed E-state index contributed by atoms with van der Waals surface area (Å²) in [7, 11) is 2.20. The van der Waals surface area contributed by atoms with E-state index in [2.05, 4.69) is 17.3 Å². The molecule has 4 nitrogen and oxygen atoms in total. The smallest absolute Gasteiger partial charge is 0.251 e. The van der Waals surface area contributed by atoms with Crippen LogP contribution < -0.4 is 11.1 Å². The number of rotatable bonds is 3. The van der Waals surface area contributed by atoms with Crippen molar-refractivity contribution in [3.05, 3.63) is 29.6 Å². The van der Waals surface area contributed by atoms with E-state index in [0.717, 1.165) is 12.8 Å². The van der Waals surface area contributed by atoms with Crippen molar-refractivity contribution in [3.63, 3.8) is 0 Å². The summed E-state index contributed by atoms with van der Waals surface area (Å²) in [5.41, 5.74) is 5.82. The Kier molecular flexibility index (Phi) is 3.85. The van der Waals surface area contributed by atoms with Crippen LogP contribution in [-0.4, -0.2) is 36.5 Å². The van der Waals surface area contributed by atoms with E-state index in [1.165, 1.54) is 25.0 Å². The van der Waals surface area contributed by atoms with Crippen molar-refractivity contribution in [2.24, 2.45) is 5.92 Å². The lowest BCUT2D eigenvalue weighted by Gasteiger charge is -2.36. The van der Waals surface area contributed by atoms with Crippen LogP contribution in [0, 0.1) is 11.7 Å². The van der Waals surface area contributed by atoms with Gasteiger partial charge >= 0.3 is 0 Å². The number of halogens is 1. The average Bonchev–Trinajstić information content (AvgIpc) is 2.69. The number of carbonyl (C=O) groups is 1. The number of nitrogen functional groups attached to an aromatic ring is 1. The predicted octanol–water partition coefficient (Wildman–Crippen LogP) is 2.01. The number of nitrogens with two attached hydrogens (primary N) is 1. The van der Waals surface area contributed by atoms with Gasteiger partial charge in [0.2, 0.25) is 0 Å². The summed E-state index contributed by atoms with van der Waals surface area (Å²) < 4.78 is 13.4. The van der Waals surface area contributed by atoms with Crippen LogP contribution in [0.2, 0.25) is 0 Å². The van der Waals surface area contributed by atoms with E-state index in [1.807, 2.05) is 0 Å². The molecular weight excluding hydrogens is 269 g/mol. The monoisotopic (exact) mass is 291 g/mol. The minimum absolute atomic E-state index is 0.0680. The number of hydrogen-bond acceptors (Lipinski definition) is 3. The molecular formula is C16H22FN3O. The second-order valence-electron chi connectivity index (χ2n) is 6.33. The quantitative estimate of drug-likeness (QED) is 0.838. The molecule has 0 saturated carbocycles. The summed E-state index contributed by atoms with van der Waals surface area (Å²) in [6, 6.07) is 5.52. The van der Waals surface area contributed by atoms with Crippen LogP contribution in [0.1, 0.15) is 36.0 Å². The van der Waals surface area contributed by atoms with Crippen molar-refractivity contribution >= 4 is 11.6 Å². The molecule has 0 radical (unpaired) electrons. The molecule has 0 spiro atoms. The van der Waals surface area contributed by atoms with Gasteiger partial charge in [0.15, 0.2) is 0 Å². The molecule has 1 aromatic rings. The highest BCUT2D eigenvalue weighted by Crippen LogP contribution is 2.37. The zero-order valence-electron chi connectivity index (χ0n) is 12.3. The zero-order chi connectivity index (χ0) is 15.0. The molecule has 2 bridgehead atoms. The highest BCUT2D eigenvalue weighted by atomic mass is 19.1. The lowest BCUT2D eigenvalue weighted by molar-refractivity contribution is 0.0917. The molecule has 5 heteroatoms. The van der Waals surface area contributed by atoms with Gasteiger partial charge in [-0.25, -0.2) is 4.39 Å². The fourth-order valence-corrected chi connectivity index (χ4v) is 3.70. The first-order valence-electron chi connectivity index (χ1n) is 7.59. The molecule has 21 heavy (non-hydrogen) atoms. The normalized spacial score (nSPS) is 28.6. The molecule has 2 aliphatic heterocycles. The highest BCUT2D eigenvalue weighted by Gasteiger charge is 2.38. The van der Waals surface area contributed by atoms with E-state index in [0.29, 0.717) is 30.1 Å². The van der Waals surface area contributed by atoms with Crippen molar-refractivity contribution < 1.29 is 9.18 Å². The molecule has 2 unspecified atom stereocenters.